The number of rotatable bonds is 4. The average molecular weight is 269 g/mol. The number of aromatic amines is 1. The summed E-state index contributed by atoms with van der Waals surface area (Å²) in [4.78, 5) is 15.1. The topological polar surface area (TPSA) is 70.9 Å². The molecule has 0 radical (unpaired) electrons. The van der Waals surface area contributed by atoms with Gasteiger partial charge in [0.2, 0.25) is 5.76 Å². The molecule has 0 spiro atoms. The molecular formula is C15H15N3O2. The summed E-state index contributed by atoms with van der Waals surface area (Å²) in [7, 11) is 0. The Hall–Kier alpha value is -2.56. The van der Waals surface area contributed by atoms with Crippen molar-refractivity contribution in [2.45, 2.75) is 13.3 Å². The molecule has 0 atom stereocenters. The summed E-state index contributed by atoms with van der Waals surface area (Å²) >= 11 is 0. The fraction of sp³-hybridized carbons (Fsp3) is 0.200. The maximum absolute atomic E-state index is 11.9. The Balaban J connectivity index is 1.63. The lowest BCUT2D eigenvalue weighted by Gasteiger charge is -2.02. The van der Waals surface area contributed by atoms with Crippen LogP contribution in [0.5, 0.6) is 0 Å². The lowest BCUT2D eigenvalue weighted by molar-refractivity contribution is 0.0916. The molecule has 3 rings (SSSR count). The third kappa shape index (κ3) is 2.30. The molecule has 0 fully saturated rings. The van der Waals surface area contributed by atoms with E-state index in [-0.39, 0.29) is 11.7 Å². The molecule has 0 saturated heterocycles. The molecule has 1 amide bonds. The molecule has 0 bridgehead atoms. The van der Waals surface area contributed by atoms with Crippen molar-refractivity contribution in [2.75, 3.05) is 6.54 Å². The van der Waals surface area contributed by atoms with Gasteiger partial charge < -0.3 is 14.8 Å². The molecule has 2 heterocycles. The number of fused-ring (bicyclic) bond motifs is 1. The van der Waals surface area contributed by atoms with Gasteiger partial charge in [0.15, 0.2) is 0 Å². The van der Waals surface area contributed by atoms with Crippen LogP contribution in [0, 0.1) is 6.92 Å². The molecule has 0 saturated carbocycles. The van der Waals surface area contributed by atoms with E-state index < -0.39 is 0 Å². The minimum Gasteiger partial charge on any atom is -0.361 e. The van der Waals surface area contributed by atoms with Gasteiger partial charge in [0.25, 0.3) is 5.91 Å². The largest absolute Gasteiger partial charge is 0.361 e. The molecule has 1 aromatic carbocycles. The Kier molecular flexibility index (Phi) is 3.25. The highest BCUT2D eigenvalue weighted by Gasteiger charge is 2.13. The number of nitrogens with zero attached hydrogens (tertiary/aromatic N) is 1. The van der Waals surface area contributed by atoms with E-state index in [1.165, 1.54) is 17.1 Å². The Bertz CT molecular complexity index is 742. The molecule has 2 N–H and O–H groups in total. The van der Waals surface area contributed by atoms with Gasteiger partial charge in [0.1, 0.15) is 0 Å². The monoisotopic (exact) mass is 269 g/mol. The van der Waals surface area contributed by atoms with Gasteiger partial charge in [0, 0.05) is 29.2 Å². The number of carbonyl (C=O) groups is 1. The van der Waals surface area contributed by atoms with E-state index in [0.29, 0.717) is 6.54 Å². The van der Waals surface area contributed by atoms with Crippen LogP contribution in [-0.4, -0.2) is 22.6 Å². The van der Waals surface area contributed by atoms with Gasteiger partial charge in [-0.3, -0.25) is 4.79 Å². The van der Waals surface area contributed by atoms with Gasteiger partial charge in [-0.25, -0.2) is 0 Å². The Morgan fingerprint density at radius 3 is 3.05 bits per heavy atom. The molecule has 5 heteroatoms. The smallest absolute Gasteiger partial charge is 0.290 e. The van der Waals surface area contributed by atoms with Crippen LogP contribution in [0.1, 0.15) is 21.7 Å². The van der Waals surface area contributed by atoms with Crippen LogP contribution in [0.25, 0.3) is 10.9 Å². The second-order valence-corrected chi connectivity index (χ2v) is 4.70. The van der Waals surface area contributed by atoms with Gasteiger partial charge in [-0.05, 0) is 25.0 Å². The highest BCUT2D eigenvalue weighted by atomic mass is 16.5. The molecular weight excluding hydrogens is 254 g/mol. The molecule has 0 aliphatic rings. The number of aromatic nitrogens is 2. The molecule has 0 aliphatic carbocycles. The van der Waals surface area contributed by atoms with E-state index in [9.17, 15) is 4.79 Å². The Morgan fingerprint density at radius 1 is 1.40 bits per heavy atom. The van der Waals surface area contributed by atoms with Crippen LogP contribution in [0.15, 0.2) is 41.2 Å². The van der Waals surface area contributed by atoms with Crippen molar-refractivity contribution in [3.63, 3.8) is 0 Å². The molecule has 3 aromatic rings. The first-order chi connectivity index (χ1) is 9.75. The van der Waals surface area contributed by atoms with Crippen LogP contribution < -0.4 is 5.32 Å². The molecule has 20 heavy (non-hydrogen) atoms. The van der Waals surface area contributed by atoms with Crippen molar-refractivity contribution >= 4 is 16.8 Å². The van der Waals surface area contributed by atoms with Gasteiger partial charge in [-0.2, -0.15) is 0 Å². The summed E-state index contributed by atoms with van der Waals surface area (Å²) in [6, 6.07) is 8.12. The lowest BCUT2D eigenvalue weighted by Crippen LogP contribution is -2.25. The molecule has 5 nitrogen and oxygen atoms in total. The zero-order valence-corrected chi connectivity index (χ0v) is 11.1. The summed E-state index contributed by atoms with van der Waals surface area (Å²) in [6.45, 7) is 2.35. The quantitative estimate of drug-likeness (QED) is 0.764. The average Bonchev–Trinajstić information content (AvgIpc) is 3.05. The van der Waals surface area contributed by atoms with E-state index in [0.717, 1.165) is 17.5 Å². The highest BCUT2D eigenvalue weighted by Crippen LogP contribution is 2.17. The van der Waals surface area contributed by atoms with E-state index in [4.69, 9.17) is 4.52 Å². The predicted octanol–water partition coefficient (Wildman–Crippen LogP) is 2.44. The maximum Gasteiger partial charge on any atom is 0.290 e. The molecule has 102 valence electrons. The Morgan fingerprint density at radius 2 is 2.25 bits per heavy atom. The van der Waals surface area contributed by atoms with Gasteiger partial charge in [-0.1, -0.05) is 23.4 Å². The number of hydrogen-bond donors (Lipinski definition) is 2. The van der Waals surface area contributed by atoms with Gasteiger partial charge in [0.05, 0.1) is 6.20 Å². The third-order valence-corrected chi connectivity index (χ3v) is 3.31. The first-order valence-corrected chi connectivity index (χ1v) is 6.50. The van der Waals surface area contributed by atoms with Crippen LogP contribution >= 0.6 is 0 Å². The molecule has 0 aliphatic heterocycles. The standard InChI is InChI=1S/C15H15N3O2/c1-10-8-18-20-14(10)15(19)16-7-6-11-9-17-13-5-3-2-4-12(11)13/h2-5,8-9,17H,6-7H2,1H3,(H,16,19). The minimum absolute atomic E-state index is 0.222. The van der Waals surface area contributed by atoms with E-state index in [1.54, 1.807) is 6.92 Å². The van der Waals surface area contributed by atoms with E-state index in [1.807, 2.05) is 24.4 Å². The number of benzene rings is 1. The predicted molar refractivity (Wildman–Crippen MR) is 75.6 cm³/mol. The van der Waals surface area contributed by atoms with E-state index >= 15 is 0 Å². The summed E-state index contributed by atoms with van der Waals surface area (Å²) < 4.78 is 4.92. The van der Waals surface area contributed by atoms with Crippen molar-refractivity contribution in [1.82, 2.24) is 15.5 Å². The van der Waals surface area contributed by atoms with Crippen LogP contribution in [0.3, 0.4) is 0 Å². The first kappa shape index (κ1) is 12.5. The molecule has 2 aromatic heterocycles. The van der Waals surface area contributed by atoms with Crippen molar-refractivity contribution in [3.8, 4) is 0 Å². The summed E-state index contributed by atoms with van der Waals surface area (Å²) in [6.07, 6.45) is 4.29. The molecule has 0 unspecified atom stereocenters. The van der Waals surface area contributed by atoms with Crippen LogP contribution in [0.4, 0.5) is 0 Å². The number of amides is 1. The van der Waals surface area contributed by atoms with Crippen LogP contribution in [0.2, 0.25) is 0 Å². The second-order valence-electron chi connectivity index (χ2n) is 4.70. The zero-order chi connectivity index (χ0) is 13.9. The van der Waals surface area contributed by atoms with Crippen LogP contribution in [-0.2, 0) is 6.42 Å². The zero-order valence-electron chi connectivity index (χ0n) is 11.1. The van der Waals surface area contributed by atoms with Gasteiger partial charge >= 0.3 is 0 Å². The third-order valence-electron chi connectivity index (χ3n) is 3.31. The fourth-order valence-electron chi connectivity index (χ4n) is 2.24. The lowest BCUT2D eigenvalue weighted by atomic mass is 10.1. The van der Waals surface area contributed by atoms with Crippen molar-refractivity contribution in [1.29, 1.82) is 0 Å². The fourth-order valence-corrected chi connectivity index (χ4v) is 2.24. The highest BCUT2D eigenvalue weighted by molar-refractivity contribution is 5.92. The van der Waals surface area contributed by atoms with Crippen molar-refractivity contribution < 1.29 is 9.32 Å². The van der Waals surface area contributed by atoms with Crippen molar-refractivity contribution in [3.05, 3.63) is 53.5 Å². The number of para-hydroxylation sites is 1. The van der Waals surface area contributed by atoms with Gasteiger partial charge in [-0.15, -0.1) is 0 Å². The van der Waals surface area contributed by atoms with Crippen molar-refractivity contribution in [2.24, 2.45) is 0 Å². The summed E-state index contributed by atoms with van der Waals surface area (Å²) in [5, 5.41) is 7.64. The first-order valence-electron chi connectivity index (χ1n) is 6.50. The second kappa shape index (κ2) is 5.21. The number of aryl methyl sites for hydroxylation is 1. The normalized spacial score (nSPS) is 10.8. The number of carbonyl (C=O) groups excluding carboxylic acids is 1. The summed E-state index contributed by atoms with van der Waals surface area (Å²) in [5.41, 5.74) is 3.05. The Labute approximate surface area is 116 Å². The minimum atomic E-state index is -0.222. The summed E-state index contributed by atoms with van der Waals surface area (Å²) in [5.74, 6) is 0.0590. The van der Waals surface area contributed by atoms with E-state index in [2.05, 4.69) is 21.5 Å². The number of H-pyrrole nitrogens is 1. The number of nitrogens with one attached hydrogen (secondary N) is 2. The maximum atomic E-state index is 11.9. The SMILES string of the molecule is Cc1cnoc1C(=O)NCCc1c[nH]c2ccccc12. The number of hydrogen-bond acceptors (Lipinski definition) is 3.